The molecule has 1 aromatic heterocycles. The molecule has 1 aromatic rings. The van der Waals surface area contributed by atoms with Gasteiger partial charge in [0.05, 0.1) is 13.2 Å². The normalized spacial score (nSPS) is 22.2. The predicted octanol–water partition coefficient (Wildman–Crippen LogP) is 0.544. The van der Waals surface area contributed by atoms with E-state index in [0.717, 1.165) is 11.3 Å². The van der Waals surface area contributed by atoms with E-state index < -0.39 is 10.0 Å². The average Bonchev–Trinajstić information content (AvgIpc) is 2.69. The van der Waals surface area contributed by atoms with Crippen LogP contribution in [0.15, 0.2) is 9.00 Å². The molecular formula is C10H16N2O4S2. The number of ether oxygens (including phenoxy) is 1. The van der Waals surface area contributed by atoms with Crippen molar-refractivity contribution >= 4 is 21.4 Å². The van der Waals surface area contributed by atoms with Crippen LogP contribution in [0, 0.1) is 6.92 Å². The van der Waals surface area contributed by atoms with Crippen molar-refractivity contribution < 1.29 is 13.2 Å². The molecule has 1 N–H and O–H groups in total. The molecule has 8 heteroatoms. The Labute approximate surface area is 110 Å². The summed E-state index contributed by atoms with van der Waals surface area (Å²) < 4.78 is 31.9. The minimum absolute atomic E-state index is 0.118. The highest BCUT2D eigenvalue weighted by Crippen LogP contribution is 2.25. The zero-order valence-corrected chi connectivity index (χ0v) is 11.9. The minimum atomic E-state index is -3.59. The SMILES string of the molecule is CCC1COCCN1S(=O)(=O)c1sc(=O)[nH]c1C. The van der Waals surface area contributed by atoms with Crippen LogP contribution >= 0.6 is 11.3 Å². The Morgan fingerprint density at radius 1 is 1.56 bits per heavy atom. The lowest BCUT2D eigenvalue weighted by Crippen LogP contribution is -2.48. The van der Waals surface area contributed by atoms with Gasteiger partial charge in [0, 0.05) is 18.3 Å². The Balaban J connectivity index is 2.41. The van der Waals surface area contributed by atoms with E-state index in [-0.39, 0.29) is 15.1 Å². The maximum Gasteiger partial charge on any atom is 0.305 e. The molecule has 2 heterocycles. The fourth-order valence-corrected chi connectivity index (χ4v) is 5.10. The summed E-state index contributed by atoms with van der Waals surface area (Å²) in [6.45, 7) is 4.68. The molecule has 0 bridgehead atoms. The van der Waals surface area contributed by atoms with Crippen molar-refractivity contribution in [2.75, 3.05) is 19.8 Å². The minimum Gasteiger partial charge on any atom is -0.378 e. The third-order valence-electron chi connectivity index (χ3n) is 2.97. The van der Waals surface area contributed by atoms with Crippen LogP contribution in [-0.2, 0) is 14.8 Å². The summed E-state index contributed by atoms with van der Waals surface area (Å²) in [6.07, 6.45) is 0.692. The van der Waals surface area contributed by atoms with Crippen LogP contribution in [0.5, 0.6) is 0 Å². The highest BCUT2D eigenvalue weighted by atomic mass is 32.2. The van der Waals surface area contributed by atoms with Gasteiger partial charge in [-0.15, -0.1) is 0 Å². The first kappa shape index (κ1) is 13.7. The lowest BCUT2D eigenvalue weighted by atomic mass is 10.2. The summed E-state index contributed by atoms with van der Waals surface area (Å²) >= 11 is 0.746. The summed E-state index contributed by atoms with van der Waals surface area (Å²) in [4.78, 5) is 13.4. The first-order chi connectivity index (χ1) is 8.46. The second-order valence-electron chi connectivity index (χ2n) is 4.18. The first-order valence-corrected chi connectivity index (χ1v) is 8.01. The second-order valence-corrected chi connectivity index (χ2v) is 7.25. The van der Waals surface area contributed by atoms with Crippen molar-refractivity contribution in [2.45, 2.75) is 30.5 Å². The van der Waals surface area contributed by atoms with E-state index in [1.54, 1.807) is 6.92 Å². The van der Waals surface area contributed by atoms with Crippen molar-refractivity contribution in [3.63, 3.8) is 0 Å². The van der Waals surface area contributed by atoms with Crippen molar-refractivity contribution in [1.29, 1.82) is 0 Å². The second kappa shape index (κ2) is 5.12. The molecule has 1 aliphatic rings. The highest BCUT2D eigenvalue weighted by molar-refractivity contribution is 7.91. The number of hydrogen-bond donors (Lipinski definition) is 1. The molecule has 0 aromatic carbocycles. The van der Waals surface area contributed by atoms with Gasteiger partial charge in [-0.25, -0.2) is 8.42 Å². The molecule has 18 heavy (non-hydrogen) atoms. The molecule has 0 saturated carbocycles. The third-order valence-corrected chi connectivity index (χ3v) is 6.50. The van der Waals surface area contributed by atoms with E-state index >= 15 is 0 Å². The van der Waals surface area contributed by atoms with Crippen LogP contribution in [0.4, 0.5) is 0 Å². The topological polar surface area (TPSA) is 79.5 Å². The van der Waals surface area contributed by atoms with Crippen LogP contribution in [0.1, 0.15) is 19.0 Å². The number of morpholine rings is 1. The van der Waals surface area contributed by atoms with Crippen molar-refractivity contribution in [1.82, 2.24) is 9.29 Å². The molecule has 6 nitrogen and oxygen atoms in total. The molecule has 0 radical (unpaired) electrons. The molecule has 1 atom stereocenters. The maximum absolute atomic E-state index is 12.5. The summed E-state index contributed by atoms with van der Waals surface area (Å²) in [5, 5.41) is 0. The van der Waals surface area contributed by atoms with Gasteiger partial charge in [-0.2, -0.15) is 4.31 Å². The molecular weight excluding hydrogens is 276 g/mol. The lowest BCUT2D eigenvalue weighted by molar-refractivity contribution is 0.0315. The van der Waals surface area contributed by atoms with Crippen LogP contribution in [0.3, 0.4) is 0 Å². The van der Waals surface area contributed by atoms with Gasteiger partial charge in [0.2, 0.25) is 0 Å². The van der Waals surface area contributed by atoms with E-state index in [2.05, 4.69) is 4.98 Å². The van der Waals surface area contributed by atoms with Gasteiger partial charge in [0.15, 0.2) is 4.21 Å². The molecule has 1 saturated heterocycles. The van der Waals surface area contributed by atoms with Gasteiger partial charge >= 0.3 is 4.87 Å². The summed E-state index contributed by atoms with van der Waals surface area (Å²) in [5.74, 6) is 0. The largest absolute Gasteiger partial charge is 0.378 e. The lowest BCUT2D eigenvalue weighted by Gasteiger charge is -2.33. The third kappa shape index (κ3) is 2.37. The fourth-order valence-electron chi connectivity index (χ4n) is 2.02. The molecule has 0 spiro atoms. The van der Waals surface area contributed by atoms with Crippen LogP contribution in [0.25, 0.3) is 0 Å². The fraction of sp³-hybridized carbons (Fsp3) is 0.700. The van der Waals surface area contributed by atoms with E-state index in [0.29, 0.717) is 31.9 Å². The number of aryl methyl sites for hydroxylation is 1. The quantitative estimate of drug-likeness (QED) is 0.882. The molecule has 0 amide bonds. The van der Waals surface area contributed by atoms with Crippen LogP contribution in [0.2, 0.25) is 0 Å². The van der Waals surface area contributed by atoms with Gasteiger partial charge in [0.1, 0.15) is 0 Å². The molecule has 1 unspecified atom stereocenters. The first-order valence-electron chi connectivity index (χ1n) is 5.76. The number of aromatic nitrogens is 1. The molecule has 102 valence electrons. The Morgan fingerprint density at radius 2 is 2.28 bits per heavy atom. The number of rotatable bonds is 3. The number of thiazole rings is 1. The summed E-state index contributed by atoms with van der Waals surface area (Å²) in [6, 6.07) is -0.152. The van der Waals surface area contributed by atoms with Crippen LogP contribution in [-0.4, -0.2) is 43.5 Å². The molecule has 1 aliphatic heterocycles. The number of H-pyrrole nitrogens is 1. The summed E-state index contributed by atoms with van der Waals surface area (Å²) in [5.41, 5.74) is 0.409. The number of hydrogen-bond acceptors (Lipinski definition) is 5. The monoisotopic (exact) mass is 292 g/mol. The van der Waals surface area contributed by atoms with Gasteiger partial charge < -0.3 is 9.72 Å². The van der Waals surface area contributed by atoms with E-state index in [4.69, 9.17) is 4.74 Å². The smallest absolute Gasteiger partial charge is 0.305 e. The summed E-state index contributed by atoms with van der Waals surface area (Å²) in [7, 11) is -3.59. The van der Waals surface area contributed by atoms with Gasteiger partial charge in [-0.1, -0.05) is 18.3 Å². The van der Waals surface area contributed by atoms with Crippen LogP contribution < -0.4 is 4.87 Å². The van der Waals surface area contributed by atoms with E-state index in [1.807, 2.05) is 6.92 Å². The Bertz CT molecular complexity index is 575. The Morgan fingerprint density at radius 3 is 2.83 bits per heavy atom. The van der Waals surface area contributed by atoms with Crippen molar-refractivity contribution in [3.8, 4) is 0 Å². The van der Waals surface area contributed by atoms with Gasteiger partial charge in [0.25, 0.3) is 10.0 Å². The van der Waals surface area contributed by atoms with Crippen molar-refractivity contribution in [3.05, 3.63) is 15.4 Å². The average molecular weight is 292 g/mol. The molecule has 2 rings (SSSR count). The zero-order chi connectivity index (χ0) is 13.3. The number of nitrogens with zero attached hydrogens (tertiary/aromatic N) is 1. The zero-order valence-electron chi connectivity index (χ0n) is 10.3. The molecule has 0 aliphatic carbocycles. The van der Waals surface area contributed by atoms with E-state index in [9.17, 15) is 13.2 Å². The number of sulfonamides is 1. The van der Waals surface area contributed by atoms with Gasteiger partial charge in [-0.3, -0.25) is 4.79 Å². The predicted molar refractivity (Wildman–Crippen MR) is 68.5 cm³/mol. The Hall–Kier alpha value is -0.700. The number of aromatic amines is 1. The highest BCUT2D eigenvalue weighted by Gasteiger charge is 2.35. The number of nitrogens with one attached hydrogen (secondary N) is 1. The van der Waals surface area contributed by atoms with Crippen molar-refractivity contribution in [2.24, 2.45) is 0 Å². The molecule has 1 fully saturated rings. The van der Waals surface area contributed by atoms with E-state index in [1.165, 1.54) is 4.31 Å². The van der Waals surface area contributed by atoms with Gasteiger partial charge in [-0.05, 0) is 13.3 Å². The maximum atomic E-state index is 12.5. The Kier molecular flexibility index (Phi) is 3.90. The standard InChI is InChI=1S/C10H16N2O4S2/c1-3-8-6-16-5-4-12(8)18(14,15)9-7(2)11-10(13)17-9/h8H,3-6H2,1-2H3,(H,11,13).